The van der Waals surface area contributed by atoms with Crippen LogP contribution >= 0.6 is 0 Å². The molecule has 1 aliphatic heterocycles. The summed E-state index contributed by atoms with van der Waals surface area (Å²) in [5.74, 6) is 0.873. The molecule has 2 heteroatoms. The van der Waals surface area contributed by atoms with Crippen LogP contribution in [0.2, 0.25) is 0 Å². The first kappa shape index (κ1) is 14.3. The Balaban J connectivity index is 1.72. The summed E-state index contributed by atoms with van der Waals surface area (Å²) in [5, 5.41) is 3.84. The van der Waals surface area contributed by atoms with E-state index < -0.39 is 0 Å². The van der Waals surface area contributed by atoms with Crippen molar-refractivity contribution < 1.29 is 0 Å². The molecule has 0 aromatic carbocycles. The van der Waals surface area contributed by atoms with Gasteiger partial charge in [-0.25, -0.2) is 0 Å². The summed E-state index contributed by atoms with van der Waals surface area (Å²) in [4.78, 5) is 2.67. The molecule has 106 valence electrons. The van der Waals surface area contributed by atoms with Crippen LogP contribution in [0.1, 0.15) is 59.3 Å². The normalized spacial score (nSPS) is 29.2. The number of hydrogen-bond donors (Lipinski definition) is 1. The molecule has 2 fully saturated rings. The lowest BCUT2D eigenvalue weighted by Crippen LogP contribution is -2.45. The van der Waals surface area contributed by atoms with E-state index in [0.717, 1.165) is 5.92 Å². The van der Waals surface area contributed by atoms with Gasteiger partial charge in [-0.15, -0.1) is 0 Å². The summed E-state index contributed by atoms with van der Waals surface area (Å²) in [5.41, 5.74) is 0.687. The minimum Gasteiger partial charge on any atom is -0.313 e. The standard InChI is InChI=1S/C16H32N2/c1-4-10-18-11-6-7-15(12-18)14(3)17-13-16(5-2)8-9-16/h14-15,17H,4-13H2,1-3H3. The van der Waals surface area contributed by atoms with Crippen LogP contribution in [0.4, 0.5) is 0 Å². The summed E-state index contributed by atoms with van der Waals surface area (Å²) in [6.45, 7) is 12.3. The van der Waals surface area contributed by atoms with E-state index in [-0.39, 0.29) is 0 Å². The third-order valence-corrected chi connectivity index (χ3v) is 5.30. The van der Waals surface area contributed by atoms with Crippen LogP contribution < -0.4 is 5.32 Å². The lowest BCUT2D eigenvalue weighted by molar-refractivity contribution is 0.148. The van der Waals surface area contributed by atoms with Gasteiger partial charge >= 0.3 is 0 Å². The van der Waals surface area contributed by atoms with E-state index in [1.807, 2.05) is 0 Å². The van der Waals surface area contributed by atoms with Gasteiger partial charge in [0, 0.05) is 19.1 Å². The van der Waals surface area contributed by atoms with Gasteiger partial charge in [0.2, 0.25) is 0 Å². The maximum atomic E-state index is 3.84. The monoisotopic (exact) mass is 252 g/mol. The van der Waals surface area contributed by atoms with Gasteiger partial charge in [-0.2, -0.15) is 0 Å². The molecule has 2 nitrogen and oxygen atoms in total. The SMILES string of the molecule is CCCN1CCCC(C(C)NCC2(CC)CC2)C1. The van der Waals surface area contributed by atoms with Crippen molar-refractivity contribution in [1.82, 2.24) is 10.2 Å². The van der Waals surface area contributed by atoms with Crippen molar-refractivity contribution in [3.05, 3.63) is 0 Å². The zero-order chi connectivity index (χ0) is 13.0. The van der Waals surface area contributed by atoms with Gasteiger partial charge in [-0.1, -0.05) is 13.8 Å². The van der Waals surface area contributed by atoms with Crippen molar-refractivity contribution >= 4 is 0 Å². The number of likely N-dealkylation sites (tertiary alicyclic amines) is 1. The first-order chi connectivity index (χ1) is 8.69. The van der Waals surface area contributed by atoms with Gasteiger partial charge in [-0.05, 0) is 69.9 Å². The highest BCUT2D eigenvalue weighted by atomic mass is 15.1. The van der Waals surface area contributed by atoms with E-state index >= 15 is 0 Å². The first-order valence-corrected chi connectivity index (χ1v) is 8.15. The van der Waals surface area contributed by atoms with Crippen LogP contribution in [0.5, 0.6) is 0 Å². The van der Waals surface area contributed by atoms with Crippen LogP contribution in [0, 0.1) is 11.3 Å². The van der Waals surface area contributed by atoms with Crippen LogP contribution in [0.3, 0.4) is 0 Å². The van der Waals surface area contributed by atoms with Crippen LogP contribution in [0.15, 0.2) is 0 Å². The summed E-state index contributed by atoms with van der Waals surface area (Å²) in [7, 11) is 0. The van der Waals surface area contributed by atoms with E-state index in [9.17, 15) is 0 Å². The Morgan fingerprint density at radius 1 is 1.33 bits per heavy atom. The van der Waals surface area contributed by atoms with Gasteiger partial charge in [0.15, 0.2) is 0 Å². The van der Waals surface area contributed by atoms with Crippen molar-refractivity contribution in [2.75, 3.05) is 26.2 Å². The largest absolute Gasteiger partial charge is 0.313 e. The van der Waals surface area contributed by atoms with Gasteiger partial charge in [-0.3, -0.25) is 0 Å². The predicted molar refractivity (Wildman–Crippen MR) is 78.9 cm³/mol. The Bertz CT molecular complexity index is 245. The third kappa shape index (κ3) is 3.71. The lowest BCUT2D eigenvalue weighted by atomic mass is 9.91. The fraction of sp³-hybridized carbons (Fsp3) is 1.00. The minimum atomic E-state index is 0.687. The molecule has 1 saturated carbocycles. The minimum absolute atomic E-state index is 0.687. The molecule has 0 radical (unpaired) electrons. The maximum absolute atomic E-state index is 3.84. The van der Waals surface area contributed by atoms with Crippen LogP contribution in [-0.2, 0) is 0 Å². The van der Waals surface area contributed by atoms with Crippen molar-refractivity contribution in [3.63, 3.8) is 0 Å². The second kappa shape index (κ2) is 6.38. The molecule has 0 bridgehead atoms. The lowest BCUT2D eigenvalue weighted by Gasteiger charge is -2.36. The number of hydrogen-bond acceptors (Lipinski definition) is 2. The second-order valence-corrected chi connectivity index (χ2v) is 6.73. The molecule has 2 atom stereocenters. The molecule has 0 amide bonds. The summed E-state index contributed by atoms with van der Waals surface area (Å²) in [6, 6.07) is 0.702. The number of nitrogens with one attached hydrogen (secondary N) is 1. The molecule has 2 rings (SSSR count). The van der Waals surface area contributed by atoms with Gasteiger partial charge < -0.3 is 10.2 Å². The Morgan fingerprint density at radius 3 is 2.72 bits per heavy atom. The van der Waals surface area contributed by atoms with Gasteiger partial charge in [0.1, 0.15) is 0 Å². The average molecular weight is 252 g/mol. The van der Waals surface area contributed by atoms with E-state index in [4.69, 9.17) is 0 Å². The highest BCUT2D eigenvalue weighted by Crippen LogP contribution is 2.48. The third-order valence-electron chi connectivity index (χ3n) is 5.30. The van der Waals surface area contributed by atoms with Crippen molar-refractivity contribution in [2.24, 2.45) is 11.3 Å². The summed E-state index contributed by atoms with van der Waals surface area (Å²) >= 11 is 0. The van der Waals surface area contributed by atoms with Crippen molar-refractivity contribution in [1.29, 1.82) is 0 Å². The molecule has 1 N–H and O–H groups in total. The first-order valence-electron chi connectivity index (χ1n) is 8.15. The highest BCUT2D eigenvalue weighted by Gasteiger charge is 2.40. The molecular formula is C16H32N2. The average Bonchev–Trinajstić information content (AvgIpc) is 3.17. The van der Waals surface area contributed by atoms with Crippen LogP contribution in [0.25, 0.3) is 0 Å². The smallest absolute Gasteiger partial charge is 0.00794 e. The molecule has 0 aromatic rings. The zero-order valence-electron chi connectivity index (χ0n) is 12.7. The summed E-state index contributed by atoms with van der Waals surface area (Å²) < 4.78 is 0. The van der Waals surface area contributed by atoms with Crippen LogP contribution in [-0.4, -0.2) is 37.1 Å². The molecule has 2 unspecified atom stereocenters. The molecule has 1 saturated heterocycles. The van der Waals surface area contributed by atoms with Gasteiger partial charge in [0.25, 0.3) is 0 Å². The van der Waals surface area contributed by atoms with Crippen molar-refractivity contribution in [2.45, 2.75) is 65.3 Å². The zero-order valence-corrected chi connectivity index (χ0v) is 12.7. The molecule has 1 heterocycles. The number of piperidine rings is 1. The van der Waals surface area contributed by atoms with Crippen molar-refractivity contribution in [3.8, 4) is 0 Å². The Kier molecular flexibility index (Phi) is 5.08. The highest BCUT2D eigenvalue weighted by molar-refractivity contribution is 4.94. The van der Waals surface area contributed by atoms with E-state index in [1.165, 1.54) is 64.7 Å². The quantitative estimate of drug-likeness (QED) is 0.748. The number of nitrogens with zero attached hydrogens (tertiary/aromatic N) is 1. The fourth-order valence-electron chi connectivity index (χ4n) is 3.40. The Morgan fingerprint density at radius 2 is 2.11 bits per heavy atom. The molecule has 2 aliphatic rings. The topological polar surface area (TPSA) is 15.3 Å². The second-order valence-electron chi connectivity index (χ2n) is 6.73. The molecule has 0 spiro atoms. The molecule has 18 heavy (non-hydrogen) atoms. The van der Waals surface area contributed by atoms with Gasteiger partial charge in [0.05, 0.1) is 0 Å². The molecule has 1 aliphatic carbocycles. The predicted octanol–water partition coefficient (Wildman–Crippen LogP) is 3.28. The van der Waals surface area contributed by atoms with E-state index in [1.54, 1.807) is 0 Å². The van der Waals surface area contributed by atoms with E-state index in [0.29, 0.717) is 11.5 Å². The maximum Gasteiger partial charge on any atom is 0.00794 e. The van der Waals surface area contributed by atoms with E-state index in [2.05, 4.69) is 31.0 Å². The molecular weight excluding hydrogens is 220 g/mol. The summed E-state index contributed by atoms with van der Waals surface area (Å²) in [6.07, 6.45) is 8.39. The fourth-order valence-corrected chi connectivity index (χ4v) is 3.40. The molecule has 0 aromatic heterocycles. The number of rotatable bonds is 7. The Labute approximate surface area is 114 Å². The Hall–Kier alpha value is -0.0800.